The number of ether oxygens (including phenoxy) is 1. The van der Waals surface area contributed by atoms with Crippen molar-refractivity contribution in [2.75, 3.05) is 6.54 Å². The molecule has 0 bridgehead atoms. The van der Waals surface area contributed by atoms with E-state index in [1.54, 1.807) is 11.6 Å². The van der Waals surface area contributed by atoms with Crippen LogP contribution in [0.2, 0.25) is 5.02 Å². The van der Waals surface area contributed by atoms with Crippen molar-refractivity contribution in [1.82, 2.24) is 20.3 Å². The molecule has 0 aliphatic heterocycles. The van der Waals surface area contributed by atoms with Gasteiger partial charge in [-0.25, -0.2) is 0 Å². The average Bonchev–Trinajstić information content (AvgIpc) is 3.16. The van der Waals surface area contributed by atoms with Crippen LogP contribution in [0.1, 0.15) is 38.8 Å². The van der Waals surface area contributed by atoms with Crippen LogP contribution in [0.15, 0.2) is 28.8 Å². The van der Waals surface area contributed by atoms with Crippen molar-refractivity contribution < 1.29 is 14.1 Å². The van der Waals surface area contributed by atoms with Crippen LogP contribution in [-0.2, 0) is 13.2 Å². The maximum absolute atomic E-state index is 12.6. The van der Waals surface area contributed by atoms with Gasteiger partial charge in [0.05, 0.1) is 28.5 Å². The molecule has 2 aromatic heterocycles. The molecule has 7 nitrogen and oxygen atoms in total. The average molecular weight is 403 g/mol. The molecule has 8 heteroatoms. The fourth-order valence-corrected chi connectivity index (χ4v) is 3.00. The van der Waals surface area contributed by atoms with Crippen molar-refractivity contribution in [2.24, 2.45) is 0 Å². The molecule has 0 saturated carbocycles. The molecule has 0 fully saturated rings. The highest BCUT2D eigenvalue weighted by Gasteiger charge is 2.20. The number of amides is 1. The SMILES string of the molecule is Cc1ccccc1OCc1c(C(=O)NCCn2nc(C)c(Cl)c2C)noc1C. The maximum Gasteiger partial charge on any atom is 0.273 e. The summed E-state index contributed by atoms with van der Waals surface area (Å²) in [7, 11) is 0. The second kappa shape index (κ2) is 8.48. The smallest absolute Gasteiger partial charge is 0.273 e. The van der Waals surface area contributed by atoms with E-state index in [0.29, 0.717) is 29.4 Å². The van der Waals surface area contributed by atoms with Gasteiger partial charge in [0.25, 0.3) is 5.91 Å². The number of carbonyl (C=O) groups excluding carboxylic acids is 1. The van der Waals surface area contributed by atoms with Crippen LogP contribution in [0.5, 0.6) is 5.75 Å². The first-order valence-electron chi connectivity index (χ1n) is 8.99. The number of aryl methyl sites for hydroxylation is 3. The molecular weight excluding hydrogens is 380 g/mol. The summed E-state index contributed by atoms with van der Waals surface area (Å²) < 4.78 is 12.8. The maximum atomic E-state index is 12.6. The normalized spacial score (nSPS) is 10.9. The van der Waals surface area contributed by atoms with Crippen molar-refractivity contribution in [3.8, 4) is 5.75 Å². The van der Waals surface area contributed by atoms with Gasteiger partial charge in [-0.3, -0.25) is 9.48 Å². The predicted molar refractivity (Wildman–Crippen MR) is 106 cm³/mol. The second-order valence-electron chi connectivity index (χ2n) is 6.58. The fourth-order valence-electron chi connectivity index (χ4n) is 2.86. The van der Waals surface area contributed by atoms with Crippen molar-refractivity contribution in [2.45, 2.75) is 40.8 Å². The van der Waals surface area contributed by atoms with Crippen molar-refractivity contribution >= 4 is 17.5 Å². The first-order chi connectivity index (χ1) is 13.4. The largest absolute Gasteiger partial charge is 0.488 e. The van der Waals surface area contributed by atoms with Crippen molar-refractivity contribution in [3.05, 3.63) is 63.3 Å². The summed E-state index contributed by atoms with van der Waals surface area (Å²) in [4.78, 5) is 12.6. The Morgan fingerprint density at radius 1 is 1.25 bits per heavy atom. The molecule has 3 rings (SSSR count). The van der Waals surface area contributed by atoms with Crippen LogP contribution < -0.4 is 10.1 Å². The number of nitrogens with one attached hydrogen (secondary N) is 1. The number of hydrogen-bond acceptors (Lipinski definition) is 5. The minimum Gasteiger partial charge on any atom is -0.488 e. The summed E-state index contributed by atoms with van der Waals surface area (Å²) in [5.41, 5.74) is 3.53. The standard InChI is InChI=1S/C20H23ClN4O3/c1-12-7-5-6-8-17(12)27-11-16-15(4)28-24-19(16)20(26)22-9-10-25-14(3)18(21)13(2)23-25/h5-8H,9-11H2,1-4H3,(H,22,26). The molecule has 0 spiro atoms. The van der Waals surface area contributed by atoms with Crippen LogP contribution in [0.25, 0.3) is 0 Å². The molecule has 0 aliphatic carbocycles. The number of hydrogen-bond donors (Lipinski definition) is 1. The third-order valence-electron chi connectivity index (χ3n) is 4.57. The molecule has 1 aromatic carbocycles. The number of nitrogens with zero attached hydrogens (tertiary/aromatic N) is 3. The minimum atomic E-state index is -0.312. The van der Waals surface area contributed by atoms with Crippen molar-refractivity contribution in [3.63, 3.8) is 0 Å². The number of halogens is 1. The van der Waals surface area contributed by atoms with Gasteiger partial charge in [0.15, 0.2) is 5.69 Å². The van der Waals surface area contributed by atoms with E-state index in [-0.39, 0.29) is 18.2 Å². The van der Waals surface area contributed by atoms with Crippen LogP contribution in [0.3, 0.4) is 0 Å². The van der Waals surface area contributed by atoms with E-state index in [1.165, 1.54) is 0 Å². The van der Waals surface area contributed by atoms with Gasteiger partial charge in [-0.1, -0.05) is 35.0 Å². The van der Waals surface area contributed by atoms with Gasteiger partial charge in [-0.2, -0.15) is 5.10 Å². The Bertz CT molecular complexity index is 993. The molecule has 1 amide bonds. The van der Waals surface area contributed by atoms with E-state index in [4.69, 9.17) is 20.9 Å². The van der Waals surface area contributed by atoms with E-state index in [0.717, 1.165) is 22.7 Å². The Balaban J connectivity index is 1.62. The molecule has 0 saturated heterocycles. The van der Waals surface area contributed by atoms with Gasteiger partial charge in [-0.15, -0.1) is 0 Å². The lowest BCUT2D eigenvalue weighted by atomic mass is 10.2. The fraction of sp³-hybridized carbons (Fsp3) is 0.350. The summed E-state index contributed by atoms with van der Waals surface area (Å²) in [5, 5.41) is 11.7. The summed E-state index contributed by atoms with van der Waals surface area (Å²) in [5.74, 6) is 1.01. The van der Waals surface area contributed by atoms with Gasteiger partial charge >= 0.3 is 0 Å². The lowest BCUT2D eigenvalue weighted by Crippen LogP contribution is -2.29. The van der Waals surface area contributed by atoms with Gasteiger partial charge in [0.2, 0.25) is 0 Å². The Labute approximate surface area is 168 Å². The zero-order valence-corrected chi connectivity index (χ0v) is 17.1. The van der Waals surface area contributed by atoms with Crippen LogP contribution >= 0.6 is 11.6 Å². The highest BCUT2D eigenvalue weighted by atomic mass is 35.5. The van der Waals surface area contributed by atoms with E-state index in [2.05, 4.69) is 15.6 Å². The monoisotopic (exact) mass is 402 g/mol. The molecule has 0 unspecified atom stereocenters. The zero-order chi connectivity index (χ0) is 20.3. The number of para-hydroxylation sites is 1. The predicted octanol–water partition coefficient (Wildman–Crippen LogP) is 3.77. The number of rotatable bonds is 7. The van der Waals surface area contributed by atoms with Crippen molar-refractivity contribution in [1.29, 1.82) is 0 Å². The van der Waals surface area contributed by atoms with Gasteiger partial charge in [-0.05, 0) is 39.3 Å². The van der Waals surface area contributed by atoms with Crippen LogP contribution in [-0.4, -0.2) is 27.4 Å². The Morgan fingerprint density at radius 3 is 2.68 bits per heavy atom. The molecule has 28 heavy (non-hydrogen) atoms. The highest BCUT2D eigenvalue weighted by molar-refractivity contribution is 6.31. The third kappa shape index (κ3) is 4.20. The first kappa shape index (κ1) is 19.9. The number of benzene rings is 1. The third-order valence-corrected chi connectivity index (χ3v) is 5.11. The molecule has 0 aliphatic rings. The molecule has 148 valence electrons. The van der Waals surface area contributed by atoms with Crippen LogP contribution in [0, 0.1) is 27.7 Å². The van der Waals surface area contributed by atoms with Gasteiger partial charge < -0.3 is 14.6 Å². The summed E-state index contributed by atoms with van der Waals surface area (Å²) in [6.07, 6.45) is 0. The molecule has 2 heterocycles. The topological polar surface area (TPSA) is 82.2 Å². The molecule has 0 atom stereocenters. The lowest BCUT2D eigenvalue weighted by molar-refractivity contribution is 0.0940. The quantitative estimate of drug-likeness (QED) is 0.650. The van der Waals surface area contributed by atoms with E-state index < -0.39 is 0 Å². The Kier molecular flexibility index (Phi) is 6.04. The second-order valence-corrected chi connectivity index (χ2v) is 6.96. The molecule has 0 radical (unpaired) electrons. The lowest BCUT2D eigenvalue weighted by Gasteiger charge is -2.09. The first-order valence-corrected chi connectivity index (χ1v) is 9.37. The minimum absolute atomic E-state index is 0.204. The Morgan fingerprint density at radius 2 is 2.00 bits per heavy atom. The molecular formula is C20H23ClN4O3. The Hall–Kier alpha value is -2.80. The summed E-state index contributed by atoms with van der Waals surface area (Å²) in [6, 6.07) is 7.70. The zero-order valence-electron chi connectivity index (χ0n) is 16.4. The van der Waals surface area contributed by atoms with E-state index in [9.17, 15) is 4.79 Å². The van der Waals surface area contributed by atoms with Gasteiger partial charge in [0, 0.05) is 6.54 Å². The number of aromatic nitrogens is 3. The summed E-state index contributed by atoms with van der Waals surface area (Å²) >= 11 is 6.15. The van der Waals surface area contributed by atoms with Gasteiger partial charge in [0.1, 0.15) is 18.1 Å². The van der Waals surface area contributed by atoms with E-state index >= 15 is 0 Å². The number of carbonyl (C=O) groups is 1. The molecule has 1 N–H and O–H groups in total. The summed E-state index contributed by atoms with van der Waals surface area (Å²) in [6.45, 7) is 8.58. The van der Waals surface area contributed by atoms with E-state index in [1.807, 2.05) is 45.0 Å². The van der Waals surface area contributed by atoms with Crippen LogP contribution in [0.4, 0.5) is 0 Å². The molecule has 3 aromatic rings. The highest BCUT2D eigenvalue weighted by Crippen LogP contribution is 2.21.